The zero-order valence-corrected chi connectivity index (χ0v) is 68.1. The minimum absolute atomic E-state index is 0.00108. The van der Waals surface area contributed by atoms with E-state index in [1.54, 1.807) is 49.1 Å². The lowest BCUT2D eigenvalue weighted by molar-refractivity contribution is -0.150. The van der Waals surface area contributed by atoms with Gasteiger partial charge in [-0.15, -0.1) is 0 Å². The van der Waals surface area contributed by atoms with Crippen LogP contribution in [0.4, 0.5) is 26.7 Å². The molecule has 12 amide bonds. The molecule has 117 heavy (non-hydrogen) atoms. The van der Waals surface area contributed by atoms with Gasteiger partial charge in [0.2, 0.25) is 53.2 Å². The van der Waals surface area contributed by atoms with E-state index in [-0.39, 0.29) is 144 Å². The van der Waals surface area contributed by atoms with E-state index in [2.05, 4.69) is 67.8 Å². The monoisotopic (exact) mass is 1610 g/mol. The van der Waals surface area contributed by atoms with E-state index < -0.39 is 83.1 Å². The number of phenolic OH excluding ortho intramolecular Hbond substituents is 1. The molecule has 12 N–H and O–H groups in total. The number of nitrogens with zero attached hydrogens (tertiary/aromatic N) is 1. The van der Waals surface area contributed by atoms with E-state index in [1.807, 2.05) is 98.8 Å². The average Bonchev–Trinajstić information content (AvgIpc) is 0.721. The molecule has 0 spiro atoms. The first kappa shape index (κ1) is 88.8. The summed E-state index contributed by atoms with van der Waals surface area (Å²) in [4.78, 5) is 148. The van der Waals surface area contributed by atoms with Crippen molar-refractivity contribution in [3.05, 3.63) is 154 Å². The number of benzene rings is 5. The number of aryl methyl sites for hydroxylation is 2. The van der Waals surface area contributed by atoms with Crippen LogP contribution in [-0.2, 0) is 108 Å². The molecule has 8 atom stereocenters. The first-order chi connectivity index (χ1) is 56.2. The molecule has 1 aliphatic heterocycles. The number of nitrogens with two attached hydrogens (primary N) is 1. The second-order valence-electron chi connectivity index (χ2n) is 32.2. The van der Waals surface area contributed by atoms with E-state index in [0.717, 1.165) is 90.4 Å². The Hall–Kier alpha value is -10.6. The van der Waals surface area contributed by atoms with Gasteiger partial charge in [0.1, 0.15) is 44.3 Å². The van der Waals surface area contributed by atoms with Crippen molar-refractivity contribution in [2.24, 2.45) is 34.3 Å². The largest absolute Gasteiger partial charge is 0.508 e. The van der Waals surface area contributed by atoms with Gasteiger partial charge in [-0.3, -0.25) is 48.5 Å². The number of fused-ring (bicyclic) bond motifs is 8. The zero-order chi connectivity index (χ0) is 83.7. The number of alkyl carbamates (subject to hydrolysis) is 1. The van der Waals surface area contributed by atoms with Crippen LogP contribution in [0.25, 0.3) is 12.2 Å². The van der Waals surface area contributed by atoms with E-state index in [1.165, 1.54) is 5.56 Å². The summed E-state index contributed by atoms with van der Waals surface area (Å²) in [5.41, 5.74) is 12.6. The Labute approximate surface area is 683 Å². The predicted molar refractivity (Wildman–Crippen MR) is 439 cm³/mol. The summed E-state index contributed by atoms with van der Waals surface area (Å²) < 4.78 is 33.1. The van der Waals surface area contributed by atoms with E-state index in [0.29, 0.717) is 56.1 Å². The van der Waals surface area contributed by atoms with Crippen LogP contribution >= 0.6 is 0 Å². The minimum Gasteiger partial charge on any atom is -0.508 e. The van der Waals surface area contributed by atoms with Crippen molar-refractivity contribution < 1.29 is 86.3 Å². The standard InChI is InChI=1S/C88H115N11O18/c1-57(2)78(97-74(102)35-42-112-44-46-114-48-49-115-47-45-113-43-41-90-73(101)33-34-77(105)99-53-63-16-8-7-14-59(63)21-22-62-15-9-10-18-70(62)99)80(107)96-69(17-11-40-91-83(89)110)79(106)95-64-27-19-58(20-28-64)54-117-84(111)92-52-75(103)93-56-116-55-76(104)94-65-29-23-60-25-31-71-85(3,67(60)50-65)36-12-38-87(71,5)81(108)98-82(109)88(6)39-13-37-86(4)68-51-66(100)30-24-61(68)26-32-72(86)88/h7-10,14-16,18-24,27-30,50-51,57,69,71-72,78,100H,11-13,17,25-26,31-49,52-56H2,1-6H3,(H,90,101)(H,92,111)(H,93,103)(H,94,104)(H,95,106)(H,96,107)(H,97,102)(H3,89,91,110)(H,98,108,109)/b22-21-/t69-,71+,72+,78-,85+,86+,87-,88-/m0/s1. The Balaban J connectivity index is 0.562. The topological polar surface area (TPSA) is 401 Å². The Bertz CT molecular complexity index is 4380. The van der Waals surface area contributed by atoms with Crippen LogP contribution in [0.2, 0.25) is 0 Å². The number of ether oxygens (including phenoxy) is 6. The minimum atomic E-state index is -1.11. The van der Waals surface area contributed by atoms with Crippen molar-refractivity contribution in [3.8, 4) is 5.75 Å². The van der Waals surface area contributed by atoms with Gasteiger partial charge in [0.05, 0.1) is 75.9 Å². The maximum Gasteiger partial charge on any atom is 0.407 e. The molecule has 5 aromatic rings. The van der Waals surface area contributed by atoms with Gasteiger partial charge in [0.25, 0.3) is 0 Å². The van der Waals surface area contributed by atoms with Gasteiger partial charge in [0.15, 0.2) is 0 Å². The van der Waals surface area contributed by atoms with E-state index in [4.69, 9.17) is 34.2 Å². The maximum absolute atomic E-state index is 14.7. The number of nitrogens with one attached hydrogen (secondary N) is 9. The highest BCUT2D eigenvalue weighted by atomic mass is 16.6. The number of rotatable bonds is 39. The molecule has 2 saturated carbocycles. The number of primary amides is 1. The fourth-order valence-electron chi connectivity index (χ4n) is 17.6. The van der Waals surface area contributed by atoms with Crippen LogP contribution in [-0.4, -0.2) is 168 Å². The highest BCUT2D eigenvalue weighted by Gasteiger charge is 2.59. The molecule has 10 rings (SSSR count). The average molecular weight is 1610 g/mol. The summed E-state index contributed by atoms with van der Waals surface area (Å²) in [6, 6.07) is 30.5. The summed E-state index contributed by atoms with van der Waals surface area (Å²) in [7, 11) is 0. The molecule has 29 heteroatoms. The Morgan fingerprint density at radius 1 is 0.547 bits per heavy atom. The van der Waals surface area contributed by atoms with Crippen molar-refractivity contribution in [3.63, 3.8) is 0 Å². The molecule has 5 aliphatic rings. The lowest BCUT2D eigenvalue weighted by Gasteiger charge is -2.56. The third-order valence-electron chi connectivity index (χ3n) is 23.8. The molecule has 1 heterocycles. The van der Waals surface area contributed by atoms with Gasteiger partial charge in [-0.05, 0) is 180 Å². The van der Waals surface area contributed by atoms with Gasteiger partial charge >= 0.3 is 12.1 Å². The number of phenols is 1. The van der Waals surface area contributed by atoms with Crippen LogP contribution in [0, 0.1) is 28.6 Å². The van der Waals surface area contributed by atoms with Crippen molar-refractivity contribution in [1.82, 2.24) is 37.2 Å². The number of aromatic hydroxyl groups is 1. The summed E-state index contributed by atoms with van der Waals surface area (Å²) >= 11 is 0. The maximum atomic E-state index is 14.7. The van der Waals surface area contributed by atoms with Crippen LogP contribution in [0.15, 0.2) is 109 Å². The molecule has 0 bridgehead atoms. The first-order valence-corrected chi connectivity index (χ1v) is 40.8. The van der Waals surface area contributed by atoms with Gasteiger partial charge < -0.3 is 86.7 Å². The summed E-state index contributed by atoms with van der Waals surface area (Å²) in [6.07, 6.45) is 11.3. The van der Waals surface area contributed by atoms with Crippen molar-refractivity contribution in [1.29, 1.82) is 0 Å². The Kier molecular flexibility index (Phi) is 31.9. The number of anilines is 3. The quantitative estimate of drug-likeness (QED) is 0.00994. The summed E-state index contributed by atoms with van der Waals surface area (Å²) in [6.45, 7) is 13.3. The van der Waals surface area contributed by atoms with Gasteiger partial charge in [0, 0.05) is 43.7 Å². The summed E-state index contributed by atoms with van der Waals surface area (Å²) in [5, 5.41) is 34.8. The normalized spacial score (nSPS) is 21.0. The highest BCUT2D eigenvalue weighted by Crippen LogP contribution is 2.60. The molecule has 5 aromatic carbocycles. The van der Waals surface area contributed by atoms with Gasteiger partial charge in [-0.2, -0.15) is 0 Å². The second-order valence-corrected chi connectivity index (χ2v) is 32.2. The third kappa shape index (κ3) is 23.8. The molecule has 4 aliphatic carbocycles. The molecule has 0 unspecified atom stereocenters. The van der Waals surface area contributed by atoms with Gasteiger partial charge in [-0.1, -0.05) is 133 Å². The number of para-hydroxylation sites is 1. The molecule has 0 saturated heterocycles. The van der Waals surface area contributed by atoms with Crippen molar-refractivity contribution in [2.75, 3.05) is 101 Å². The van der Waals surface area contributed by atoms with Crippen LogP contribution < -0.4 is 58.5 Å². The lowest BCUT2D eigenvalue weighted by atomic mass is 9.49. The number of imide groups is 1. The Morgan fingerprint density at radius 3 is 1.80 bits per heavy atom. The third-order valence-corrected chi connectivity index (χ3v) is 23.8. The fraction of sp³-hybridized carbons (Fsp3) is 0.511. The molecule has 630 valence electrons. The number of amides is 12. The lowest BCUT2D eigenvalue weighted by Crippen LogP contribution is -2.60. The van der Waals surface area contributed by atoms with Crippen LogP contribution in [0.5, 0.6) is 5.75 Å². The molecular formula is C88H115N11O18. The van der Waals surface area contributed by atoms with Crippen molar-refractivity contribution in [2.45, 2.75) is 174 Å². The molecule has 0 radical (unpaired) electrons. The van der Waals surface area contributed by atoms with Crippen LogP contribution in [0.3, 0.4) is 0 Å². The molecule has 0 aromatic heterocycles. The smallest absolute Gasteiger partial charge is 0.407 e. The predicted octanol–water partition coefficient (Wildman–Crippen LogP) is 8.79. The van der Waals surface area contributed by atoms with Crippen molar-refractivity contribution >= 4 is 94.5 Å². The SMILES string of the molecule is CC(C)[C@H](NC(=O)CCOCCOCCOCCOCCNC(=O)CCC(=O)N1Cc2ccccc2/C=C\c2ccccc21)C(=O)N[C@@H](CCCNC(N)=O)C(=O)Nc1ccc(COC(=O)NCC(=O)NCOCC(=O)Nc2ccc3c(c2)[C@@]2(C)CCC[C@](C)(C(=O)NC(=O)[C@@]4(C)CCC[C@]5(C)c6cc(O)ccc6CC[C@@H]45)[C@@H]2CC3)cc1. The van der Waals surface area contributed by atoms with E-state index >= 15 is 0 Å². The number of urea groups is 1. The molecule has 2 fully saturated rings. The van der Waals surface area contributed by atoms with Crippen LogP contribution in [0.1, 0.15) is 170 Å². The number of hydrogen-bond acceptors (Lipinski definition) is 18. The number of carbonyl (C=O) groups is 11. The number of hydrogen-bond donors (Lipinski definition) is 11. The Morgan fingerprint density at radius 2 is 1.15 bits per heavy atom. The first-order valence-electron chi connectivity index (χ1n) is 40.8. The second kappa shape index (κ2) is 42.0. The van der Waals surface area contributed by atoms with E-state index in [9.17, 15) is 57.8 Å². The summed E-state index contributed by atoms with van der Waals surface area (Å²) in [5.74, 6) is -3.83. The zero-order valence-electron chi connectivity index (χ0n) is 68.1. The fourth-order valence-corrected chi connectivity index (χ4v) is 17.6. The molecular weight excluding hydrogens is 1500 g/mol. The van der Waals surface area contributed by atoms with Gasteiger partial charge in [-0.25, -0.2) is 9.59 Å². The number of carbonyl (C=O) groups excluding carboxylic acids is 11. The highest BCUT2D eigenvalue weighted by molar-refractivity contribution is 6.02. The molecule has 29 nitrogen and oxygen atoms in total.